The Morgan fingerprint density at radius 3 is 2.44 bits per heavy atom. The van der Waals surface area contributed by atoms with Gasteiger partial charge in [-0.25, -0.2) is 12.8 Å². The molecule has 0 saturated carbocycles. The Bertz CT molecular complexity index is 837. The molecule has 0 aliphatic carbocycles. The van der Waals surface area contributed by atoms with Gasteiger partial charge in [0.1, 0.15) is 5.82 Å². The summed E-state index contributed by atoms with van der Waals surface area (Å²) in [6, 6.07) is 13.3. The molecule has 2 aromatic carbocycles. The van der Waals surface area contributed by atoms with E-state index in [1.165, 1.54) is 12.1 Å². The Morgan fingerprint density at radius 1 is 1.20 bits per heavy atom. The van der Waals surface area contributed by atoms with E-state index in [4.69, 9.17) is 4.74 Å². The molecule has 1 unspecified atom stereocenters. The third kappa shape index (κ3) is 5.56. The summed E-state index contributed by atoms with van der Waals surface area (Å²) in [5.41, 5.74) is 1.19. The summed E-state index contributed by atoms with van der Waals surface area (Å²) in [5, 5.41) is 0. The van der Waals surface area contributed by atoms with Crippen LogP contribution in [0.2, 0.25) is 0 Å². The minimum atomic E-state index is -3.59. The maximum absolute atomic E-state index is 14.2. The second kappa shape index (κ2) is 8.11. The number of rotatable bonds is 7. The van der Waals surface area contributed by atoms with Crippen molar-refractivity contribution in [2.75, 3.05) is 17.6 Å². The van der Waals surface area contributed by atoms with Gasteiger partial charge in [-0.2, -0.15) is 0 Å². The van der Waals surface area contributed by atoms with Crippen molar-refractivity contribution >= 4 is 21.7 Å². The Morgan fingerprint density at radius 2 is 1.88 bits per heavy atom. The second-order valence-electron chi connectivity index (χ2n) is 5.61. The molecule has 25 heavy (non-hydrogen) atoms. The summed E-state index contributed by atoms with van der Waals surface area (Å²) in [4.78, 5) is 12.3. The third-order valence-electron chi connectivity index (χ3n) is 3.54. The fourth-order valence-corrected chi connectivity index (χ4v) is 3.03. The topological polar surface area (TPSA) is 72.5 Å². The van der Waals surface area contributed by atoms with Crippen LogP contribution in [0.4, 0.5) is 10.1 Å². The predicted molar refractivity (Wildman–Crippen MR) is 94.4 cm³/mol. The highest BCUT2D eigenvalue weighted by atomic mass is 32.2. The van der Waals surface area contributed by atoms with Crippen LogP contribution in [0.15, 0.2) is 48.5 Å². The van der Waals surface area contributed by atoms with Gasteiger partial charge in [-0.3, -0.25) is 9.52 Å². The first kappa shape index (κ1) is 18.9. The minimum Gasteiger partial charge on any atom is -0.466 e. The van der Waals surface area contributed by atoms with E-state index in [0.29, 0.717) is 12.0 Å². The van der Waals surface area contributed by atoms with Crippen molar-refractivity contribution in [1.82, 2.24) is 0 Å². The molecule has 0 aromatic heterocycles. The summed E-state index contributed by atoms with van der Waals surface area (Å²) < 4.78 is 44.0. The van der Waals surface area contributed by atoms with Crippen molar-refractivity contribution in [3.05, 3.63) is 65.5 Å². The van der Waals surface area contributed by atoms with Crippen LogP contribution in [-0.4, -0.2) is 27.2 Å². The Balaban J connectivity index is 2.33. The van der Waals surface area contributed by atoms with Gasteiger partial charge in [0.05, 0.1) is 24.5 Å². The standard InChI is InChI=1S/C18H20FNO4S/c1-3-24-18(21)15(11-13-7-5-4-6-8-13)14-9-10-17(16(19)12-14)20-25(2,22)23/h4-10,12,15,20H,3,11H2,1-2H3. The zero-order valence-electron chi connectivity index (χ0n) is 14.0. The average molecular weight is 365 g/mol. The van der Waals surface area contributed by atoms with Crippen LogP contribution in [0.1, 0.15) is 24.0 Å². The zero-order chi connectivity index (χ0) is 18.4. The number of halogens is 1. The first-order valence-electron chi connectivity index (χ1n) is 7.78. The molecular weight excluding hydrogens is 345 g/mol. The maximum Gasteiger partial charge on any atom is 0.313 e. The van der Waals surface area contributed by atoms with Crippen molar-refractivity contribution < 1.29 is 22.3 Å². The fourth-order valence-electron chi connectivity index (χ4n) is 2.46. The molecule has 134 valence electrons. The van der Waals surface area contributed by atoms with Gasteiger partial charge in [-0.15, -0.1) is 0 Å². The van der Waals surface area contributed by atoms with Gasteiger partial charge in [0.25, 0.3) is 0 Å². The lowest BCUT2D eigenvalue weighted by atomic mass is 9.91. The van der Waals surface area contributed by atoms with Crippen LogP contribution in [0.5, 0.6) is 0 Å². The van der Waals surface area contributed by atoms with E-state index in [0.717, 1.165) is 17.9 Å². The molecule has 0 amide bonds. The lowest BCUT2D eigenvalue weighted by molar-refractivity contribution is -0.144. The molecule has 7 heteroatoms. The summed E-state index contributed by atoms with van der Waals surface area (Å²) in [7, 11) is -3.59. The average Bonchev–Trinajstić information content (AvgIpc) is 2.54. The van der Waals surface area contributed by atoms with Gasteiger partial charge < -0.3 is 4.74 Å². The van der Waals surface area contributed by atoms with E-state index in [-0.39, 0.29) is 12.3 Å². The van der Waals surface area contributed by atoms with Gasteiger partial charge in [0.2, 0.25) is 10.0 Å². The molecule has 0 spiro atoms. The normalized spacial score (nSPS) is 12.4. The molecule has 0 fully saturated rings. The lowest BCUT2D eigenvalue weighted by Gasteiger charge is -2.17. The molecule has 1 atom stereocenters. The Kier molecular flexibility index (Phi) is 6.14. The quantitative estimate of drug-likeness (QED) is 0.766. The number of carbonyl (C=O) groups is 1. The largest absolute Gasteiger partial charge is 0.466 e. The molecule has 0 saturated heterocycles. The van der Waals surface area contributed by atoms with Gasteiger partial charge in [-0.1, -0.05) is 36.4 Å². The SMILES string of the molecule is CCOC(=O)C(Cc1ccccc1)c1ccc(NS(C)(=O)=O)c(F)c1. The number of anilines is 1. The summed E-state index contributed by atoms with van der Waals surface area (Å²) in [5.74, 6) is -1.87. The van der Waals surface area contributed by atoms with E-state index in [1.54, 1.807) is 6.92 Å². The van der Waals surface area contributed by atoms with Crippen LogP contribution in [-0.2, 0) is 26.0 Å². The van der Waals surface area contributed by atoms with Crippen molar-refractivity contribution in [3.8, 4) is 0 Å². The monoisotopic (exact) mass is 365 g/mol. The molecule has 0 bridgehead atoms. The van der Waals surface area contributed by atoms with Gasteiger partial charge in [0, 0.05) is 0 Å². The first-order valence-corrected chi connectivity index (χ1v) is 9.67. The summed E-state index contributed by atoms with van der Waals surface area (Å²) >= 11 is 0. The highest BCUT2D eigenvalue weighted by Crippen LogP contribution is 2.26. The van der Waals surface area contributed by atoms with Crippen molar-refractivity contribution in [2.24, 2.45) is 0 Å². The lowest BCUT2D eigenvalue weighted by Crippen LogP contribution is -2.19. The molecule has 0 aliphatic rings. The number of ether oxygens (including phenoxy) is 1. The van der Waals surface area contributed by atoms with E-state index >= 15 is 0 Å². The minimum absolute atomic E-state index is 0.159. The summed E-state index contributed by atoms with van der Waals surface area (Å²) in [6.45, 7) is 1.93. The molecule has 5 nitrogen and oxygen atoms in total. The number of benzene rings is 2. The molecular formula is C18H20FNO4S. The number of sulfonamides is 1. The predicted octanol–water partition coefficient (Wildman–Crippen LogP) is 3.09. The number of carbonyl (C=O) groups excluding carboxylic acids is 1. The van der Waals surface area contributed by atoms with E-state index in [2.05, 4.69) is 4.72 Å². The molecule has 2 aromatic rings. The molecule has 0 radical (unpaired) electrons. The molecule has 0 aliphatic heterocycles. The van der Waals surface area contributed by atoms with Crippen molar-refractivity contribution in [3.63, 3.8) is 0 Å². The Hall–Kier alpha value is -2.41. The fraction of sp³-hybridized carbons (Fsp3) is 0.278. The van der Waals surface area contributed by atoms with Crippen LogP contribution >= 0.6 is 0 Å². The number of esters is 1. The maximum atomic E-state index is 14.2. The molecule has 1 N–H and O–H groups in total. The summed E-state index contributed by atoms with van der Waals surface area (Å²) in [6.07, 6.45) is 1.30. The number of hydrogen-bond acceptors (Lipinski definition) is 4. The van der Waals surface area contributed by atoms with Crippen molar-refractivity contribution in [2.45, 2.75) is 19.3 Å². The van der Waals surface area contributed by atoms with Crippen LogP contribution < -0.4 is 4.72 Å². The van der Waals surface area contributed by atoms with Gasteiger partial charge in [0.15, 0.2) is 0 Å². The highest BCUT2D eigenvalue weighted by Gasteiger charge is 2.24. The molecule has 2 rings (SSSR count). The first-order chi connectivity index (χ1) is 11.8. The van der Waals surface area contributed by atoms with E-state index in [1.807, 2.05) is 30.3 Å². The zero-order valence-corrected chi connectivity index (χ0v) is 14.8. The highest BCUT2D eigenvalue weighted by molar-refractivity contribution is 7.92. The van der Waals surface area contributed by atoms with E-state index in [9.17, 15) is 17.6 Å². The Labute approximate surface area is 146 Å². The second-order valence-corrected chi connectivity index (χ2v) is 7.36. The smallest absolute Gasteiger partial charge is 0.313 e. The van der Waals surface area contributed by atoms with Crippen LogP contribution in [0.3, 0.4) is 0 Å². The van der Waals surface area contributed by atoms with E-state index < -0.39 is 27.7 Å². The van der Waals surface area contributed by atoms with Crippen LogP contribution in [0.25, 0.3) is 0 Å². The number of nitrogens with one attached hydrogen (secondary N) is 1. The van der Waals surface area contributed by atoms with Gasteiger partial charge >= 0.3 is 5.97 Å². The third-order valence-corrected chi connectivity index (χ3v) is 4.14. The van der Waals surface area contributed by atoms with Gasteiger partial charge in [-0.05, 0) is 36.6 Å². The number of hydrogen-bond donors (Lipinski definition) is 1. The van der Waals surface area contributed by atoms with Crippen molar-refractivity contribution in [1.29, 1.82) is 0 Å². The molecule has 0 heterocycles. The van der Waals surface area contributed by atoms with Crippen LogP contribution in [0, 0.1) is 5.82 Å².